The average molecular weight is 181 g/mol. The lowest BCUT2D eigenvalue weighted by molar-refractivity contribution is -0.802. The highest BCUT2D eigenvalue weighted by atomic mass is 15.3. The van der Waals surface area contributed by atoms with Crippen LogP contribution < -0.4 is 4.68 Å². The first-order valence-electron chi connectivity index (χ1n) is 4.82. The first kappa shape index (κ1) is 10.3. The monoisotopic (exact) mass is 181 g/mol. The number of hydrogen-bond acceptors (Lipinski definition) is 0. The van der Waals surface area contributed by atoms with Crippen LogP contribution in [0.25, 0.3) is 0 Å². The summed E-state index contributed by atoms with van der Waals surface area (Å²) in [6.07, 6.45) is 4.28. The highest BCUT2D eigenvalue weighted by molar-refractivity contribution is 5.12. The Labute approximate surface area is 81.0 Å². The van der Waals surface area contributed by atoms with Crippen LogP contribution >= 0.6 is 0 Å². The number of nitrogens with one attached hydrogen (secondary N) is 1. The van der Waals surface area contributed by atoms with Crippen molar-refractivity contribution in [2.75, 3.05) is 0 Å². The van der Waals surface area contributed by atoms with Crippen LogP contribution in [0.4, 0.5) is 0 Å². The molecule has 0 atom stereocenters. The fraction of sp³-hybridized carbons (Fsp3) is 0.727. The van der Waals surface area contributed by atoms with Crippen molar-refractivity contribution in [2.45, 2.75) is 52.5 Å². The molecule has 0 fully saturated rings. The van der Waals surface area contributed by atoms with E-state index >= 15 is 0 Å². The molecule has 0 spiro atoms. The molecule has 1 aromatic rings. The van der Waals surface area contributed by atoms with Crippen molar-refractivity contribution < 1.29 is 4.68 Å². The molecule has 1 rings (SSSR count). The lowest BCUT2D eigenvalue weighted by Crippen LogP contribution is -2.51. The van der Waals surface area contributed by atoms with E-state index in [1.807, 2.05) is 0 Å². The van der Waals surface area contributed by atoms with Gasteiger partial charge in [0.2, 0.25) is 0 Å². The van der Waals surface area contributed by atoms with E-state index in [1.54, 1.807) is 0 Å². The molecule has 2 nitrogen and oxygen atoms in total. The van der Waals surface area contributed by atoms with Gasteiger partial charge in [0.05, 0.1) is 6.20 Å². The molecule has 0 unspecified atom stereocenters. The Kier molecular flexibility index (Phi) is 2.27. The minimum Gasteiger partial charge on any atom is -0.172 e. The number of rotatable bonds is 0. The molecule has 1 aromatic heterocycles. The smallest absolute Gasteiger partial charge is 0.172 e. The third-order valence-corrected chi connectivity index (χ3v) is 2.22. The quantitative estimate of drug-likeness (QED) is 0.593. The van der Waals surface area contributed by atoms with Gasteiger partial charge in [-0.05, 0) is 5.41 Å². The van der Waals surface area contributed by atoms with Crippen LogP contribution in [-0.4, -0.2) is 5.10 Å². The van der Waals surface area contributed by atoms with Gasteiger partial charge in [0.15, 0.2) is 11.7 Å². The topological polar surface area (TPSA) is 19.7 Å². The summed E-state index contributed by atoms with van der Waals surface area (Å²) in [5.41, 5.74) is 1.72. The number of aromatic amines is 1. The van der Waals surface area contributed by atoms with Gasteiger partial charge in [-0.25, -0.2) is 0 Å². The Hall–Kier alpha value is -0.790. The van der Waals surface area contributed by atoms with Gasteiger partial charge in [0.1, 0.15) is 0 Å². The molecule has 0 saturated heterocycles. The second kappa shape index (κ2) is 2.86. The predicted octanol–water partition coefficient (Wildman–Crippen LogP) is 2.35. The van der Waals surface area contributed by atoms with Gasteiger partial charge in [0.25, 0.3) is 0 Å². The minimum atomic E-state index is 0.142. The third kappa shape index (κ3) is 2.33. The minimum absolute atomic E-state index is 0.142. The normalized spacial score (nSPS) is 13.4. The van der Waals surface area contributed by atoms with Gasteiger partial charge in [0, 0.05) is 26.3 Å². The molecule has 74 valence electrons. The molecular weight excluding hydrogens is 160 g/mol. The van der Waals surface area contributed by atoms with Crippen LogP contribution in [0.5, 0.6) is 0 Å². The van der Waals surface area contributed by atoms with E-state index in [0.29, 0.717) is 0 Å². The van der Waals surface area contributed by atoms with Crippen LogP contribution in [0, 0.1) is 0 Å². The SMILES string of the molecule is CC(C)(C)c1c[nH][n+](C(C)(C)C)c1. The zero-order chi connectivity index (χ0) is 10.3. The first-order chi connectivity index (χ1) is 5.71. The van der Waals surface area contributed by atoms with Crippen molar-refractivity contribution in [1.29, 1.82) is 0 Å². The van der Waals surface area contributed by atoms with E-state index in [4.69, 9.17) is 0 Å². The van der Waals surface area contributed by atoms with E-state index < -0.39 is 0 Å². The summed E-state index contributed by atoms with van der Waals surface area (Å²) in [6.45, 7) is 13.2. The van der Waals surface area contributed by atoms with Crippen molar-refractivity contribution >= 4 is 0 Å². The summed E-state index contributed by atoms with van der Waals surface area (Å²) in [7, 11) is 0. The maximum Gasteiger partial charge on any atom is 0.199 e. The molecule has 0 aliphatic carbocycles. The fourth-order valence-corrected chi connectivity index (χ4v) is 1.15. The Balaban J connectivity index is 3.01. The van der Waals surface area contributed by atoms with Crippen molar-refractivity contribution in [3.05, 3.63) is 18.0 Å². The van der Waals surface area contributed by atoms with Crippen LogP contribution in [0.15, 0.2) is 12.4 Å². The standard InChI is InChI=1S/C11H20N2/c1-10(2,3)9-7-12-13(8-9)11(4,5)6/h7-8H,1-6H3/p+1. The molecule has 0 aromatic carbocycles. The Morgan fingerprint density at radius 3 is 1.85 bits per heavy atom. The zero-order valence-corrected chi connectivity index (χ0v) is 9.60. The van der Waals surface area contributed by atoms with Gasteiger partial charge < -0.3 is 0 Å². The summed E-state index contributed by atoms with van der Waals surface area (Å²) in [5, 5.41) is 3.27. The molecule has 0 amide bonds. The molecule has 0 radical (unpaired) electrons. The van der Waals surface area contributed by atoms with E-state index in [1.165, 1.54) is 5.56 Å². The van der Waals surface area contributed by atoms with Crippen LogP contribution in [0.3, 0.4) is 0 Å². The van der Waals surface area contributed by atoms with E-state index in [0.717, 1.165) is 0 Å². The summed E-state index contributed by atoms with van der Waals surface area (Å²) in [4.78, 5) is 0. The molecule has 0 saturated carbocycles. The number of nitrogens with zero attached hydrogens (tertiary/aromatic N) is 1. The first-order valence-corrected chi connectivity index (χ1v) is 4.82. The molecule has 1 N–H and O–H groups in total. The van der Waals surface area contributed by atoms with Crippen molar-refractivity contribution in [1.82, 2.24) is 5.10 Å². The van der Waals surface area contributed by atoms with E-state index in [2.05, 4.69) is 63.7 Å². The molecule has 1 heterocycles. The predicted molar refractivity (Wildman–Crippen MR) is 54.7 cm³/mol. The van der Waals surface area contributed by atoms with Gasteiger partial charge in [-0.15, -0.1) is 4.68 Å². The molecule has 0 aliphatic heterocycles. The van der Waals surface area contributed by atoms with Crippen LogP contribution in [-0.2, 0) is 11.0 Å². The maximum absolute atomic E-state index is 3.27. The van der Waals surface area contributed by atoms with Crippen LogP contribution in [0.1, 0.15) is 47.1 Å². The molecule has 0 bridgehead atoms. The summed E-state index contributed by atoms with van der Waals surface area (Å²) in [6, 6.07) is 0. The van der Waals surface area contributed by atoms with E-state index in [-0.39, 0.29) is 11.0 Å². The molecular formula is C11H21N2+. The molecule has 0 aliphatic rings. The average Bonchev–Trinajstić information content (AvgIpc) is 2.28. The van der Waals surface area contributed by atoms with Gasteiger partial charge >= 0.3 is 0 Å². The van der Waals surface area contributed by atoms with Crippen LogP contribution in [0.2, 0.25) is 0 Å². The molecule has 13 heavy (non-hydrogen) atoms. The van der Waals surface area contributed by atoms with Gasteiger partial charge in [-0.3, -0.25) is 0 Å². The highest BCUT2D eigenvalue weighted by Gasteiger charge is 2.26. The van der Waals surface area contributed by atoms with E-state index in [9.17, 15) is 0 Å². The van der Waals surface area contributed by atoms with Crippen molar-refractivity contribution in [3.8, 4) is 0 Å². The lowest BCUT2D eigenvalue weighted by Gasteiger charge is -2.13. The van der Waals surface area contributed by atoms with Gasteiger partial charge in [-0.2, -0.15) is 5.10 Å². The highest BCUT2D eigenvalue weighted by Crippen LogP contribution is 2.20. The van der Waals surface area contributed by atoms with Gasteiger partial charge in [-0.1, -0.05) is 20.8 Å². The maximum atomic E-state index is 3.27. The van der Waals surface area contributed by atoms with Crippen molar-refractivity contribution in [3.63, 3.8) is 0 Å². The number of hydrogen-bond donors (Lipinski definition) is 1. The Bertz CT molecular complexity index is 255. The largest absolute Gasteiger partial charge is 0.199 e. The lowest BCUT2D eigenvalue weighted by atomic mass is 9.90. The molecule has 2 heteroatoms. The summed E-state index contributed by atoms with van der Waals surface area (Å²) >= 11 is 0. The summed E-state index contributed by atoms with van der Waals surface area (Å²) < 4.78 is 2.15. The summed E-state index contributed by atoms with van der Waals surface area (Å²) in [5.74, 6) is 0. The fourth-order valence-electron chi connectivity index (χ4n) is 1.15. The Morgan fingerprint density at radius 2 is 1.62 bits per heavy atom. The van der Waals surface area contributed by atoms with Crippen molar-refractivity contribution in [2.24, 2.45) is 0 Å². The number of aromatic nitrogens is 2. The zero-order valence-electron chi connectivity index (χ0n) is 9.60. The second-order valence-corrected chi connectivity index (χ2v) is 5.65. The third-order valence-electron chi connectivity index (χ3n) is 2.22. The second-order valence-electron chi connectivity index (χ2n) is 5.65. The number of H-pyrrole nitrogens is 1. The Morgan fingerprint density at radius 1 is 1.08 bits per heavy atom.